The van der Waals surface area contributed by atoms with E-state index in [1.807, 2.05) is 71.6 Å². The van der Waals surface area contributed by atoms with E-state index < -0.39 is 0 Å². The molecule has 4 rings (SSSR count). The Morgan fingerprint density at radius 2 is 1.56 bits per heavy atom. The Balaban J connectivity index is 1.71. The fraction of sp³-hybridized carbons (Fsp3) is 0.174. The van der Waals surface area contributed by atoms with Gasteiger partial charge in [-0.15, -0.1) is 11.8 Å². The van der Waals surface area contributed by atoms with E-state index in [-0.39, 0.29) is 23.0 Å². The van der Waals surface area contributed by atoms with Crippen molar-refractivity contribution in [1.29, 1.82) is 0 Å². The second kappa shape index (κ2) is 7.97. The van der Waals surface area contributed by atoms with Gasteiger partial charge in [0.25, 0.3) is 0 Å². The van der Waals surface area contributed by atoms with E-state index in [0.717, 1.165) is 22.4 Å². The summed E-state index contributed by atoms with van der Waals surface area (Å²) in [5.41, 5.74) is 2.79. The molecule has 136 valence electrons. The number of carbonyl (C=O) groups is 1. The Kier molecular flexibility index (Phi) is 5.26. The molecule has 1 heterocycles. The first-order valence-electron chi connectivity index (χ1n) is 9.01. The van der Waals surface area contributed by atoms with Crippen LogP contribution in [-0.2, 0) is 4.79 Å². The fourth-order valence-corrected chi connectivity index (χ4v) is 4.82. The lowest BCUT2D eigenvalue weighted by Gasteiger charge is -2.29. The maximum absolute atomic E-state index is 13.7. The number of carbonyl (C=O) groups excluding carboxylic acids is 1. The van der Waals surface area contributed by atoms with Crippen LogP contribution in [-0.4, -0.2) is 23.1 Å². The summed E-state index contributed by atoms with van der Waals surface area (Å²) in [4.78, 5) is 15.5. The number of benzene rings is 3. The van der Waals surface area contributed by atoms with Gasteiger partial charge in [0.05, 0.1) is 5.92 Å². The largest absolute Gasteiger partial charge is 0.325 e. The lowest BCUT2D eigenvalue weighted by molar-refractivity contribution is -0.132. The van der Waals surface area contributed by atoms with E-state index in [9.17, 15) is 9.18 Å². The van der Waals surface area contributed by atoms with Crippen LogP contribution in [0.4, 0.5) is 4.39 Å². The molecular weight excluding hydrogens is 357 g/mol. The summed E-state index contributed by atoms with van der Waals surface area (Å²) in [6.07, 6.45) is 0. The first-order chi connectivity index (χ1) is 13.2. The zero-order valence-corrected chi connectivity index (χ0v) is 15.6. The quantitative estimate of drug-likeness (QED) is 0.620. The summed E-state index contributed by atoms with van der Waals surface area (Å²) in [6.45, 7) is 0.668. The highest BCUT2D eigenvalue weighted by Crippen LogP contribution is 2.41. The molecular formula is C23H20FNOS. The fourth-order valence-electron chi connectivity index (χ4n) is 3.57. The van der Waals surface area contributed by atoms with Crippen LogP contribution in [0.1, 0.15) is 28.0 Å². The summed E-state index contributed by atoms with van der Waals surface area (Å²) >= 11 is 1.69. The van der Waals surface area contributed by atoms with Crippen molar-refractivity contribution in [3.05, 3.63) is 107 Å². The molecule has 1 amide bonds. The van der Waals surface area contributed by atoms with Crippen LogP contribution in [0, 0.1) is 5.82 Å². The molecule has 0 bridgehead atoms. The Morgan fingerprint density at radius 3 is 2.15 bits per heavy atom. The minimum atomic E-state index is -0.359. The van der Waals surface area contributed by atoms with Gasteiger partial charge in [-0.2, -0.15) is 0 Å². The topological polar surface area (TPSA) is 20.3 Å². The maximum Gasteiger partial charge on any atom is 0.235 e. The first kappa shape index (κ1) is 17.8. The van der Waals surface area contributed by atoms with Crippen LogP contribution in [0.3, 0.4) is 0 Å². The zero-order chi connectivity index (χ0) is 18.6. The highest BCUT2D eigenvalue weighted by molar-refractivity contribution is 7.99. The van der Waals surface area contributed by atoms with Crippen LogP contribution in [0.5, 0.6) is 0 Å². The predicted molar refractivity (Wildman–Crippen MR) is 108 cm³/mol. The average molecular weight is 377 g/mol. The molecule has 3 aromatic carbocycles. The Bertz CT molecular complexity index is 876. The third-order valence-corrected chi connectivity index (χ3v) is 6.08. The molecule has 1 aliphatic rings. The Hall–Kier alpha value is -2.59. The molecule has 1 atom stereocenters. The van der Waals surface area contributed by atoms with Crippen molar-refractivity contribution < 1.29 is 9.18 Å². The van der Waals surface area contributed by atoms with Gasteiger partial charge in [-0.05, 0) is 28.8 Å². The summed E-state index contributed by atoms with van der Waals surface area (Å²) in [5.74, 6) is 0.285. The smallest absolute Gasteiger partial charge is 0.235 e. The molecule has 0 aliphatic carbocycles. The van der Waals surface area contributed by atoms with Crippen LogP contribution >= 0.6 is 11.8 Å². The van der Waals surface area contributed by atoms with E-state index in [4.69, 9.17) is 0 Å². The third-order valence-electron chi connectivity index (χ3n) is 4.82. The van der Waals surface area contributed by atoms with Gasteiger partial charge in [-0.1, -0.05) is 72.8 Å². The third kappa shape index (κ3) is 3.76. The summed E-state index contributed by atoms with van der Waals surface area (Å²) in [5, 5.41) is -0.150. The van der Waals surface area contributed by atoms with Crippen molar-refractivity contribution in [2.45, 2.75) is 11.3 Å². The first-order valence-corrected chi connectivity index (χ1v) is 10.1. The van der Waals surface area contributed by atoms with Crippen molar-refractivity contribution in [3.8, 4) is 0 Å². The molecule has 27 heavy (non-hydrogen) atoms. The molecule has 1 unspecified atom stereocenters. The minimum absolute atomic E-state index is 0.0617. The molecule has 2 nitrogen and oxygen atoms in total. The second-order valence-corrected chi connectivity index (χ2v) is 7.75. The lowest BCUT2D eigenvalue weighted by Crippen LogP contribution is -2.35. The van der Waals surface area contributed by atoms with Crippen molar-refractivity contribution >= 4 is 17.7 Å². The molecule has 0 spiro atoms. The number of hydrogen-bond donors (Lipinski definition) is 0. The molecule has 1 fully saturated rings. The van der Waals surface area contributed by atoms with Gasteiger partial charge >= 0.3 is 0 Å². The van der Waals surface area contributed by atoms with Gasteiger partial charge in [-0.3, -0.25) is 4.79 Å². The number of hydrogen-bond acceptors (Lipinski definition) is 2. The monoisotopic (exact) mass is 377 g/mol. The van der Waals surface area contributed by atoms with Crippen LogP contribution < -0.4 is 0 Å². The number of nitrogens with zero attached hydrogens (tertiary/aromatic N) is 1. The molecule has 3 aromatic rings. The predicted octanol–water partition coefficient (Wildman–Crippen LogP) is 5.23. The van der Waals surface area contributed by atoms with E-state index in [2.05, 4.69) is 0 Å². The molecule has 0 radical (unpaired) electrons. The highest BCUT2D eigenvalue weighted by Gasteiger charge is 2.35. The summed E-state index contributed by atoms with van der Waals surface area (Å²) in [6, 6.07) is 26.3. The maximum atomic E-state index is 13.7. The SMILES string of the molecule is O=C(C(c1ccccc1)c1ccccc1)N1CCSC1c1cccc(F)c1. The Morgan fingerprint density at radius 1 is 0.926 bits per heavy atom. The standard InChI is InChI=1S/C23H20FNOS/c24-20-13-7-12-19(16-20)23-25(14-15-27-23)22(26)21(17-8-3-1-4-9-17)18-10-5-2-6-11-18/h1-13,16,21,23H,14-15H2. The minimum Gasteiger partial charge on any atom is -0.325 e. The number of thioether (sulfide) groups is 1. The molecule has 1 aliphatic heterocycles. The van der Waals surface area contributed by atoms with Crippen LogP contribution in [0.2, 0.25) is 0 Å². The molecule has 0 saturated carbocycles. The van der Waals surface area contributed by atoms with E-state index in [1.54, 1.807) is 17.8 Å². The lowest BCUT2D eigenvalue weighted by atomic mass is 9.90. The van der Waals surface area contributed by atoms with E-state index >= 15 is 0 Å². The zero-order valence-electron chi connectivity index (χ0n) is 14.8. The normalized spacial score (nSPS) is 16.7. The highest BCUT2D eigenvalue weighted by atomic mass is 32.2. The second-order valence-electron chi connectivity index (χ2n) is 6.56. The van der Waals surface area contributed by atoms with Gasteiger partial charge < -0.3 is 4.90 Å². The van der Waals surface area contributed by atoms with Gasteiger partial charge in [0.15, 0.2) is 0 Å². The number of halogens is 1. The molecule has 0 N–H and O–H groups in total. The van der Waals surface area contributed by atoms with E-state index in [1.165, 1.54) is 12.1 Å². The summed E-state index contributed by atoms with van der Waals surface area (Å²) < 4.78 is 13.7. The number of amides is 1. The van der Waals surface area contributed by atoms with Gasteiger partial charge in [-0.25, -0.2) is 4.39 Å². The molecule has 0 aromatic heterocycles. The summed E-state index contributed by atoms with van der Waals surface area (Å²) in [7, 11) is 0. The van der Waals surface area contributed by atoms with Crippen molar-refractivity contribution in [3.63, 3.8) is 0 Å². The average Bonchev–Trinajstić information content (AvgIpc) is 3.20. The molecule has 1 saturated heterocycles. The van der Waals surface area contributed by atoms with Crippen LogP contribution in [0.25, 0.3) is 0 Å². The number of rotatable bonds is 4. The van der Waals surface area contributed by atoms with Gasteiger partial charge in [0.1, 0.15) is 11.2 Å². The van der Waals surface area contributed by atoms with E-state index in [0.29, 0.717) is 6.54 Å². The Labute approximate surface area is 163 Å². The van der Waals surface area contributed by atoms with Gasteiger partial charge in [0.2, 0.25) is 5.91 Å². The van der Waals surface area contributed by atoms with Crippen LogP contribution in [0.15, 0.2) is 84.9 Å². The van der Waals surface area contributed by atoms with Gasteiger partial charge in [0, 0.05) is 12.3 Å². The van der Waals surface area contributed by atoms with Crippen molar-refractivity contribution in [2.75, 3.05) is 12.3 Å². The van der Waals surface area contributed by atoms with Crippen molar-refractivity contribution in [1.82, 2.24) is 4.90 Å². The van der Waals surface area contributed by atoms with Crippen molar-refractivity contribution in [2.24, 2.45) is 0 Å². The molecule has 4 heteroatoms.